The zero-order chi connectivity index (χ0) is 16.6. The van der Waals surface area contributed by atoms with Gasteiger partial charge < -0.3 is 10.2 Å². The normalized spacial score (nSPS) is 15.8. The Balaban J connectivity index is 1.43. The molecule has 0 spiro atoms. The minimum absolute atomic E-state index is 0.0537. The average Bonchev–Trinajstić information content (AvgIpc) is 2.97. The van der Waals surface area contributed by atoms with Crippen LogP contribution in [-0.4, -0.2) is 37.0 Å². The third-order valence-corrected chi connectivity index (χ3v) is 5.66. The van der Waals surface area contributed by atoms with Gasteiger partial charge in [0.2, 0.25) is 0 Å². The maximum Gasteiger partial charge on any atom is 0.261 e. The van der Waals surface area contributed by atoms with Gasteiger partial charge in [-0.05, 0) is 56.6 Å². The lowest BCUT2D eigenvalue weighted by atomic mass is 10.2. The van der Waals surface area contributed by atoms with Gasteiger partial charge in [-0.1, -0.05) is 43.2 Å². The molecule has 1 aliphatic rings. The van der Waals surface area contributed by atoms with Crippen LogP contribution in [0.4, 0.5) is 0 Å². The molecule has 3 rings (SSSR count). The lowest BCUT2D eigenvalue weighted by Crippen LogP contribution is -2.30. The summed E-state index contributed by atoms with van der Waals surface area (Å²) in [6, 6.07) is 14.2. The standard InChI is InChI=1S/C20H26N2OS/c23-20(21-13-8-16-22-14-6-1-2-7-15-22)19-12-11-18(24-19)17-9-4-3-5-10-17/h3-5,9-12H,1-2,6-8,13-16H2,(H,21,23). The number of nitrogens with one attached hydrogen (secondary N) is 1. The third kappa shape index (κ3) is 4.92. The van der Waals surface area contributed by atoms with Gasteiger partial charge >= 0.3 is 0 Å². The van der Waals surface area contributed by atoms with Gasteiger partial charge in [0.25, 0.3) is 5.91 Å². The Bertz CT molecular complexity index is 630. The predicted octanol–water partition coefficient (Wildman–Crippen LogP) is 4.41. The average molecular weight is 343 g/mol. The highest BCUT2D eigenvalue weighted by Gasteiger charge is 2.11. The van der Waals surface area contributed by atoms with Gasteiger partial charge in [0, 0.05) is 11.4 Å². The molecule has 3 nitrogen and oxygen atoms in total. The molecule has 1 aliphatic heterocycles. The van der Waals surface area contributed by atoms with Crippen LogP contribution in [0.3, 0.4) is 0 Å². The molecule has 0 unspecified atom stereocenters. The fraction of sp³-hybridized carbons (Fsp3) is 0.450. The van der Waals surface area contributed by atoms with Gasteiger partial charge in [0.15, 0.2) is 0 Å². The van der Waals surface area contributed by atoms with Crippen molar-refractivity contribution in [2.24, 2.45) is 0 Å². The van der Waals surface area contributed by atoms with Gasteiger partial charge in [-0.15, -0.1) is 11.3 Å². The molecule has 24 heavy (non-hydrogen) atoms. The number of nitrogens with zero attached hydrogens (tertiary/aromatic N) is 1. The smallest absolute Gasteiger partial charge is 0.261 e. The maximum atomic E-state index is 12.3. The number of benzene rings is 1. The molecule has 0 bridgehead atoms. The van der Waals surface area contributed by atoms with E-state index in [0.717, 1.165) is 29.3 Å². The molecule has 2 aromatic rings. The fourth-order valence-electron chi connectivity index (χ4n) is 3.17. The SMILES string of the molecule is O=C(NCCCN1CCCCCC1)c1ccc(-c2ccccc2)s1. The highest BCUT2D eigenvalue weighted by Crippen LogP contribution is 2.27. The third-order valence-electron chi connectivity index (χ3n) is 4.52. The van der Waals surface area contributed by atoms with Crippen LogP contribution in [0, 0.1) is 0 Å². The molecule has 128 valence electrons. The molecule has 0 saturated carbocycles. The topological polar surface area (TPSA) is 32.3 Å². The van der Waals surface area contributed by atoms with Gasteiger partial charge in [-0.2, -0.15) is 0 Å². The zero-order valence-corrected chi connectivity index (χ0v) is 15.0. The minimum atomic E-state index is 0.0537. The van der Waals surface area contributed by atoms with Crippen molar-refractivity contribution in [3.05, 3.63) is 47.3 Å². The molecule has 1 aromatic carbocycles. The molecular formula is C20H26N2OS. The van der Waals surface area contributed by atoms with E-state index in [4.69, 9.17) is 0 Å². The monoisotopic (exact) mass is 342 g/mol. The van der Waals surface area contributed by atoms with Crippen LogP contribution in [0.15, 0.2) is 42.5 Å². The summed E-state index contributed by atoms with van der Waals surface area (Å²) in [5, 5.41) is 3.06. The van der Waals surface area contributed by atoms with Crippen molar-refractivity contribution in [2.45, 2.75) is 32.1 Å². The summed E-state index contributed by atoms with van der Waals surface area (Å²) in [5.41, 5.74) is 1.17. The Hall–Kier alpha value is -1.65. The van der Waals surface area contributed by atoms with Crippen molar-refractivity contribution in [3.8, 4) is 10.4 Å². The van der Waals surface area contributed by atoms with Crippen LogP contribution in [0.2, 0.25) is 0 Å². The second-order valence-electron chi connectivity index (χ2n) is 6.40. The first-order chi connectivity index (χ1) is 11.8. The van der Waals surface area contributed by atoms with Crippen molar-refractivity contribution in [1.82, 2.24) is 10.2 Å². The Morgan fingerprint density at radius 2 is 1.75 bits per heavy atom. The van der Waals surface area contributed by atoms with E-state index in [9.17, 15) is 4.79 Å². The largest absolute Gasteiger partial charge is 0.351 e. The van der Waals surface area contributed by atoms with Crippen LogP contribution in [0.5, 0.6) is 0 Å². The number of rotatable bonds is 6. The van der Waals surface area contributed by atoms with E-state index in [1.807, 2.05) is 30.3 Å². The lowest BCUT2D eigenvalue weighted by molar-refractivity contribution is 0.0955. The van der Waals surface area contributed by atoms with Crippen molar-refractivity contribution >= 4 is 17.2 Å². The first kappa shape index (κ1) is 17.2. The lowest BCUT2D eigenvalue weighted by Gasteiger charge is -2.19. The first-order valence-electron chi connectivity index (χ1n) is 8.99. The molecular weight excluding hydrogens is 316 g/mol. The van der Waals surface area contributed by atoms with Crippen LogP contribution >= 0.6 is 11.3 Å². The number of thiophene rings is 1. The van der Waals surface area contributed by atoms with Crippen molar-refractivity contribution in [1.29, 1.82) is 0 Å². The highest BCUT2D eigenvalue weighted by atomic mass is 32.1. The van der Waals surface area contributed by atoms with Crippen LogP contribution in [0.1, 0.15) is 41.8 Å². The van der Waals surface area contributed by atoms with E-state index >= 15 is 0 Å². The van der Waals surface area contributed by atoms with Gasteiger partial charge in [0.05, 0.1) is 4.88 Å². The van der Waals surface area contributed by atoms with E-state index < -0.39 is 0 Å². The zero-order valence-electron chi connectivity index (χ0n) is 14.2. The van der Waals surface area contributed by atoms with Crippen LogP contribution in [0.25, 0.3) is 10.4 Å². The first-order valence-corrected chi connectivity index (χ1v) is 9.80. The molecule has 1 N–H and O–H groups in total. The highest BCUT2D eigenvalue weighted by molar-refractivity contribution is 7.17. The van der Waals surface area contributed by atoms with E-state index in [1.54, 1.807) is 11.3 Å². The summed E-state index contributed by atoms with van der Waals surface area (Å²) in [6.07, 6.45) is 6.42. The number of hydrogen-bond donors (Lipinski definition) is 1. The fourth-order valence-corrected chi connectivity index (χ4v) is 4.10. The quantitative estimate of drug-likeness (QED) is 0.789. The molecule has 0 radical (unpaired) electrons. The number of amides is 1. The van der Waals surface area contributed by atoms with E-state index in [1.165, 1.54) is 44.3 Å². The van der Waals surface area contributed by atoms with Crippen molar-refractivity contribution in [2.75, 3.05) is 26.2 Å². The molecule has 1 amide bonds. The predicted molar refractivity (Wildman–Crippen MR) is 102 cm³/mol. The Labute approximate surface area is 148 Å². The molecule has 4 heteroatoms. The van der Waals surface area contributed by atoms with E-state index in [2.05, 4.69) is 22.3 Å². The number of carbonyl (C=O) groups excluding carboxylic acids is 1. The minimum Gasteiger partial charge on any atom is -0.351 e. The molecule has 0 aliphatic carbocycles. The summed E-state index contributed by atoms with van der Waals surface area (Å²) >= 11 is 1.56. The second-order valence-corrected chi connectivity index (χ2v) is 7.48. The number of carbonyl (C=O) groups is 1. The Morgan fingerprint density at radius 3 is 2.50 bits per heavy atom. The van der Waals surface area contributed by atoms with Gasteiger partial charge in [-0.25, -0.2) is 0 Å². The summed E-state index contributed by atoms with van der Waals surface area (Å²) in [4.78, 5) is 16.8. The van der Waals surface area contributed by atoms with E-state index in [-0.39, 0.29) is 5.91 Å². The summed E-state index contributed by atoms with van der Waals surface area (Å²) < 4.78 is 0. The molecule has 1 fully saturated rings. The van der Waals surface area contributed by atoms with Crippen molar-refractivity contribution in [3.63, 3.8) is 0 Å². The van der Waals surface area contributed by atoms with E-state index in [0.29, 0.717) is 0 Å². The molecule has 1 saturated heterocycles. The summed E-state index contributed by atoms with van der Waals surface area (Å²) in [7, 11) is 0. The Morgan fingerprint density at radius 1 is 1.00 bits per heavy atom. The second kappa shape index (κ2) is 9.00. The maximum absolute atomic E-state index is 12.3. The van der Waals surface area contributed by atoms with Crippen LogP contribution in [-0.2, 0) is 0 Å². The molecule has 2 heterocycles. The van der Waals surface area contributed by atoms with Crippen LogP contribution < -0.4 is 5.32 Å². The van der Waals surface area contributed by atoms with Crippen molar-refractivity contribution < 1.29 is 4.79 Å². The Kier molecular flexibility index (Phi) is 6.44. The van der Waals surface area contributed by atoms with Gasteiger partial charge in [0.1, 0.15) is 0 Å². The number of likely N-dealkylation sites (tertiary alicyclic amines) is 1. The summed E-state index contributed by atoms with van der Waals surface area (Å²) in [5.74, 6) is 0.0537. The molecule has 1 aromatic heterocycles. The molecule has 0 atom stereocenters. The van der Waals surface area contributed by atoms with Gasteiger partial charge in [-0.3, -0.25) is 4.79 Å². The number of hydrogen-bond acceptors (Lipinski definition) is 3. The summed E-state index contributed by atoms with van der Waals surface area (Å²) in [6.45, 7) is 4.30.